The quantitative estimate of drug-likeness (QED) is 0.595. The van der Waals surface area contributed by atoms with E-state index in [1.807, 2.05) is 13.8 Å². The number of nitrogens with one attached hydrogen (secondary N) is 3. The molecular formula is C22H36N3O4+. The van der Waals surface area contributed by atoms with Crippen LogP contribution >= 0.6 is 0 Å². The van der Waals surface area contributed by atoms with Gasteiger partial charge in [-0.1, -0.05) is 0 Å². The van der Waals surface area contributed by atoms with E-state index in [1.54, 1.807) is 0 Å². The van der Waals surface area contributed by atoms with Crippen molar-refractivity contribution >= 4 is 17.9 Å². The van der Waals surface area contributed by atoms with Crippen LogP contribution in [0.4, 0.5) is 4.79 Å². The number of ether oxygens (including phenoxy) is 1. The molecule has 4 saturated carbocycles. The van der Waals surface area contributed by atoms with Gasteiger partial charge in [0.25, 0.3) is 5.91 Å². The second-order valence-electron chi connectivity index (χ2n) is 10.0. The summed E-state index contributed by atoms with van der Waals surface area (Å²) in [4.78, 5) is 38.3. The molecule has 1 atom stereocenters. The third kappa shape index (κ3) is 4.44. The van der Waals surface area contributed by atoms with E-state index in [0.29, 0.717) is 6.61 Å². The molecule has 4 aliphatic carbocycles. The summed E-state index contributed by atoms with van der Waals surface area (Å²) in [5.74, 6) is 1.84. The van der Waals surface area contributed by atoms with Crippen LogP contribution in [0, 0.1) is 23.7 Å². The number of carbonyl (C=O) groups excluding carboxylic acids is 3. The van der Waals surface area contributed by atoms with Crippen molar-refractivity contribution in [2.24, 2.45) is 23.7 Å². The van der Waals surface area contributed by atoms with Gasteiger partial charge in [0.1, 0.15) is 0 Å². The Morgan fingerprint density at radius 2 is 1.59 bits per heavy atom. The molecular weight excluding hydrogens is 370 g/mol. The molecule has 0 aromatic rings. The molecule has 3 N–H and O–H groups in total. The zero-order valence-corrected chi connectivity index (χ0v) is 17.8. The molecule has 0 aromatic carbocycles. The molecule has 1 saturated heterocycles. The normalized spacial score (nSPS) is 38.9. The van der Waals surface area contributed by atoms with Gasteiger partial charge in [0, 0.05) is 18.4 Å². The third-order valence-corrected chi connectivity index (χ3v) is 7.91. The van der Waals surface area contributed by atoms with Crippen molar-refractivity contribution in [2.75, 3.05) is 19.7 Å². The summed E-state index contributed by atoms with van der Waals surface area (Å²) in [6, 6.07) is -0.634. The Bertz CT molecular complexity index is 621. The van der Waals surface area contributed by atoms with Crippen LogP contribution in [0.15, 0.2) is 0 Å². The number of quaternary nitrogens is 1. The zero-order valence-electron chi connectivity index (χ0n) is 17.8. The molecule has 5 fully saturated rings. The molecule has 29 heavy (non-hydrogen) atoms. The van der Waals surface area contributed by atoms with Crippen LogP contribution in [0.1, 0.15) is 65.2 Å². The van der Waals surface area contributed by atoms with Crippen LogP contribution < -0.4 is 15.5 Å². The van der Waals surface area contributed by atoms with Gasteiger partial charge in [0.05, 0.1) is 25.6 Å². The molecule has 162 valence electrons. The van der Waals surface area contributed by atoms with Gasteiger partial charge in [-0.3, -0.25) is 14.9 Å². The van der Waals surface area contributed by atoms with Crippen molar-refractivity contribution in [3.05, 3.63) is 0 Å². The number of carbonyl (C=O) groups is 3. The maximum Gasteiger partial charge on any atom is 0.322 e. The first-order valence-corrected chi connectivity index (χ1v) is 11.5. The van der Waals surface area contributed by atoms with E-state index < -0.39 is 0 Å². The molecule has 7 heteroatoms. The highest BCUT2D eigenvalue weighted by Gasteiger charge is 2.51. The fourth-order valence-electron chi connectivity index (χ4n) is 6.86. The number of piperidine rings is 1. The Morgan fingerprint density at radius 1 is 1.03 bits per heavy atom. The van der Waals surface area contributed by atoms with E-state index >= 15 is 0 Å². The summed E-state index contributed by atoms with van der Waals surface area (Å²) in [6.07, 6.45) is 8.64. The first-order valence-electron chi connectivity index (χ1n) is 11.5. The number of rotatable bonds is 5. The Balaban J connectivity index is 1.25. The van der Waals surface area contributed by atoms with Gasteiger partial charge in [-0.15, -0.1) is 0 Å². The lowest BCUT2D eigenvalue weighted by atomic mass is 9.53. The molecule has 0 unspecified atom stereocenters. The van der Waals surface area contributed by atoms with Gasteiger partial charge in [-0.05, 0) is 70.1 Å². The van der Waals surface area contributed by atoms with Crippen molar-refractivity contribution in [2.45, 2.75) is 76.8 Å². The fourth-order valence-corrected chi connectivity index (χ4v) is 6.86. The lowest BCUT2D eigenvalue weighted by Gasteiger charge is -2.56. The number of esters is 1. The molecule has 7 nitrogen and oxygen atoms in total. The third-order valence-electron chi connectivity index (χ3n) is 7.91. The minimum absolute atomic E-state index is 0.0617. The highest BCUT2D eigenvalue weighted by atomic mass is 16.5. The van der Waals surface area contributed by atoms with Crippen LogP contribution in [-0.2, 0) is 14.3 Å². The highest BCUT2D eigenvalue weighted by molar-refractivity contribution is 5.96. The second-order valence-corrected chi connectivity index (χ2v) is 10.0. The predicted molar refractivity (Wildman–Crippen MR) is 107 cm³/mol. The summed E-state index contributed by atoms with van der Waals surface area (Å²) in [7, 11) is 0. The molecule has 5 aliphatic rings. The van der Waals surface area contributed by atoms with Crippen LogP contribution in [0.5, 0.6) is 0 Å². The van der Waals surface area contributed by atoms with E-state index in [4.69, 9.17) is 4.74 Å². The Labute approximate surface area is 173 Å². The average molecular weight is 407 g/mol. The van der Waals surface area contributed by atoms with Crippen molar-refractivity contribution in [1.29, 1.82) is 0 Å². The van der Waals surface area contributed by atoms with E-state index in [-0.39, 0.29) is 35.4 Å². The Kier molecular flexibility index (Phi) is 5.87. The average Bonchev–Trinajstić information content (AvgIpc) is 2.66. The fraction of sp³-hybridized carbons (Fsp3) is 0.864. The van der Waals surface area contributed by atoms with Gasteiger partial charge in [-0.2, -0.15) is 0 Å². The van der Waals surface area contributed by atoms with Crippen LogP contribution in [0.3, 0.4) is 0 Å². The maximum atomic E-state index is 12.7. The summed E-state index contributed by atoms with van der Waals surface area (Å²) in [5.41, 5.74) is -0.0901. The summed E-state index contributed by atoms with van der Waals surface area (Å²) < 4.78 is 5.11. The summed E-state index contributed by atoms with van der Waals surface area (Å²) in [5, 5.41) is 5.81. The Hall–Kier alpha value is -1.63. The minimum atomic E-state index is -0.329. The van der Waals surface area contributed by atoms with E-state index in [2.05, 4.69) is 10.6 Å². The van der Waals surface area contributed by atoms with Gasteiger partial charge in [-0.25, -0.2) is 4.79 Å². The molecule has 1 heterocycles. The second kappa shape index (κ2) is 8.25. The summed E-state index contributed by atoms with van der Waals surface area (Å²) >= 11 is 0. The SMILES string of the molecule is CCOC(=O)C1CC[NH+]([C@@H](C)C(=O)NC(=O)NC23CC4CC(CC(C4)C2)C3)CC1. The van der Waals surface area contributed by atoms with Gasteiger partial charge in [0.2, 0.25) is 0 Å². The van der Waals surface area contributed by atoms with Crippen LogP contribution in [0.2, 0.25) is 0 Å². The minimum Gasteiger partial charge on any atom is -0.466 e. The first-order chi connectivity index (χ1) is 13.9. The standard InChI is InChI=1S/C22H35N3O4/c1-3-29-20(27)18-4-6-25(7-5-18)14(2)19(26)23-21(28)24-22-11-15-8-16(12-22)10-17(9-15)13-22/h14-18H,3-13H2,1-2H3,(H2,23,24,26,28)/p+1/t14-,15?,16?,17?,22?/m0/s1. The van der Waals surface area contributed by atoms with Gasteiger partial charge in [0.15, 0.2) is 6.04 Å². The van der Waals surface area contributed by atoms with Crippen molar-refractivity contribution in [3.63, 3.8) is 0 Å². The van der Waals surface area contributed by atoms with Crippen LogP contribution in [-0.4, -0.2) is 49.2 Å². The number of hydrogen-bond donors (Lipinski definition) is 3. The summed E-state index contributed by atoms with van der Waals surface area (Å²) in [6.45, 7) is 5.58. The number of urea groups is 1. The predicted octanol–water partition coefficient (Wildman–Crippen LogP) is 1.03. The topological polar surface area (TPSA) is 88.9 Å². The van der Waals surface area contributed by atoms with Crippen LogP contribution in [0.25, 0.3) is 0 Å². The maximum absolute atomic E-state index is 12.7. The first kappa shape index (κ1) is 20.6. The highest BCUT2D eigenvalue weighted by Crippen LogP contribution is 2.55. The molecule has 4 bridgehead atoms. The number of amides is 3. The molecule has 3 amide bonds. The smallest absolute Gasteiger partial charge is 0.322 e. The van der Waals surface area contributed by atoms with Crippen molar-refractivity contribution in [3.8, 4) is 0 Å². The number of likely N-dealkylation sites (tertiary alicyclic amines) is 1. The monoisotopic (exact) mass is 406 g/mol. The van der Waals surface area contributed by atoms with Gasteiger partial charge >= 0.3 is 12.0 Å². The van der Waals surface area contributed by atoms with Gasteiger partial charge < -0.3 is 15.0 Å². The molecule has 0 spiro atoms. The van der Waals surface area contributed by atoms with E-state index in [1.165, 1.54) is 19.3 Å². The lowest BCUT2D eigenvalue weighted by Crippen LogP contribution is -3.17. The molecule has 5 rings (SSSR count). The number of hydrogen-bond acceptors (Lipinski definition) is 4. The number of imide groups is 1. The molecule has 1 aliphatic heterocycles. The van der Waals surface area contributed by atoms with E-state index in [0.717, 1.165) is 67.8 Å². The van der Waals surface area contributed by atoms with Crippen molar-refractivity contribution in [1.82, 2.24) is 10.6 Å². The zero-order chi connectivity index (χ0) is 20.6. The largest absolute Gasteiger partial charge is 0.466 e. The lowest BCUT2D eigenvalue weighted by molar-refractivity contribution is -0.919. The van der Waals surface area contributed by atoms with Crippen molar-refractivity contribution < 1.29 is 24.0 Å². The van der Waals surface area contributed by atoms with E-state index in [9.17, 15) is 14.4 Å². The molecule has 0 aromatic heterocycles. The Morgan fingerprint density at radius 3 is 2.10 bits per heavy atom. The molecule has 0 radical (unpaired) electrons.